The summed E-state index contributed by atoms with van der Waals surface area (Å²) in [7, 11) is 1.68. The molecule has 0 aromatic carbocycles. The van der Waals surface area contributed by atoms with Gasteiger partial charge in [-0.1, -0.05) is 6.07 Å². The van der Waals surface area contributed by atoms with Crippen molar-refractivity contribution in [3.63, 3.8) is 0 Å². The van der Waals surface area contributed by atoms with E-state index in [1.54, 1.807) is 13.2 Å². The topological polar surface area (TPSA) is 43.8 Å². The predicted molar refractivity (Wildman–Crippen MR) is 87.8 cm³/mol. The molecule has 1 aliphatic rings. The number of hydrogen-bond donors (Lipinski definition) is 1. The van der Waals surface area contributed by atoms with Crippen LogP contribution >= 0.6 is 0 Å². The molecule has 2 heterocycles. The Hall–Kier alpha value is -1.83. The third-order valence-electron chi connectivity index (χ3n) is 4.38. The van der Waals surface area contributed by atoms with Gasteiger partial charge in [0.05, 0.1) is 12.2 Å². The van der Waals surface area contributed by atoms with Gasteiger partial charge < -0.3 is 10.2 Å². The fraction of sp³-hybridized carbons (Fsp3) is 0.625. The standard InChI is InChI=1S/C16H24F3N5/c1-12-5-4-6-21-14(12)11-22-15(20-3)24-9-7-23(8-10-24)13(2)16(17,18)19/h4-6,13H,7-11H2,1-3H3,(H,20,22). The van der Waals surface area contributed by atoms with Gasteiger partial charge in [-0.3, -0.25) is 14.9 Å². The van der Waals surface area contributed by atoms with Gasteiger partial charge in [0.15, 0.2) is 5.96 Å². The van der Waals surface area contributed by atoms with Gasteiger partial charge in [-0.25, -0.2) is 0 Å². The molecule has 0 aliphatic carbocycles. The average molecular weight is 343 g/mol. The van der Waals surface area contributed by atoms with Crippen LogP contribution in [-0.4, -0.2) is 66.2 Å². The Kier molecular flexibility index (Phi) is 6.04. The van der Waals surface area contributed by atoms with Crippen molar-refractivity contribution < 1.29 is 13.2 Å². The maximum Gasteiger partial charge on any atom is 0.403 e. The highest BCUT2D eigenvalue weighted by Gasteiger charge is 2.41. The molecule has 1 saturated heterocycles. The smallest absolute Gasteiger partial charge is 0.351 e. The number of nitrogens with zero attached hydrogens (tertiary/aromatic N) is 4. The van der Waals surface area contributed by atoms with Crippen LogP contribution in [0, 0.1) is 6.92 Å². The number of pyridine rings is 1. The summed E-state index contributed by atoms with van der Waals surface area (Å²) in [6.45, 7) is 5.51. The molecule has 0 amide bonds. The average Bonchev–Trinajstić information content (AvgIpc) is 2.56. The Morgan fingerprint density at radius 2 is 2.00 bits per heavy atom. The highest BCUT2D eigenvalue weighted by atomic mass is 19.4. The molecule has 1 aliphatic heterocycles. The largest absolute Gasteiger partial charge is 0.403 e. The molecule has 1 atom stereocenters. The number of alkyl halides is 3. The van der Waals surface area contributed by atoms with Crippen LogP contribution in [0.25, 0.3) is 0 Å². The van der Waals surface area contributed by atoms with Gasteiger partial charge in [0.25, 0.3) is 0 Å². The fourth-order valence-electron chi connectivity index (χ4n) is 2.73. The molecular weight excluding hydrogens is 319 g/mol. The van der Waals surface area contributed by atoms with Crippen molar-refractivity contribution in [2.24, 2.45) is 4.99 Å². The minimum Gasteiger partial charge on any atom is -0.351 e. The van der Waals surface area contributed by atoms with Gasteiger partial charge in [0.2, 0.25) is 0 Å². The second kappa shape index (κ2) is 7.83. The molecule has 1 N–H and O–H groups in total. The molecule has 5 nitrogen and oxygen atoms in total. The van der Waals surface area contributed by atoms with Gasteiger partial charge in [0, 0.05) is 39.4 Å². The molecule has 1 aromatic rings. The van der Waals surface area contributed by atoms with E-state index >= 15 is 0 Å². The lowest BCUT2D eigenvalue weighted by Gasteiger charge is -2.39. The number of halogens is 3. The van der Waals surface area contributed by atoms with Crippen molar-refractivity contribution in [2.75, 3.05) is 33.2 Å². The van der Waals surface area contributed by atoms with E-state index < -0.39 is 12.2 Å². The third kappa shape index (κ3) is 4.59. The Balaban J connectivity index is 1.89. The van der Waals surface area contributed by atoms with Gasteiger partial charge in [-0.2, -0.15) is 13.2 Å². The molecule has 0 spiro atoms. The highest BCUT2D eigenvalue weighted by Crippen LogP contribution is 2.25. The third-order valence-corrected chi connectivity index (χ3v) is 4.38. The van der Waals surface area contributed by atoms with Crippen molar-refractivity contribution in [1.82, 2.24) is 20.1 Å². The lowest BCUT2D eigenvalue weighted by Crippen LogP contribution is -2.56. The molecule has 8 heteroatoms. The maximum atomic E-state index is 12.8. The molecule has 134 valence electrons. The van der Waals surface area contributed by atoms with Crippen molar-refractivity contribution in [1.29, 1.82) is 0 Å². The summed E-state index contributed by atoms with van der Waals surface area (Å²) in [5.74, 6) is 0.694. The highest BCUT2D eigenvalue weighted by molar-refractivity contribution is 5.80. The zero-order valence-corrected chi connectivity index (χ0v) is 14.3. The maximum absolute atomic E-state index is 12.8. The van der Waals surface area contributed by atoms with E-state index in [0.29, 0.717) is 38.7 Å². The number of rotatable bonds is 3. The zero-order valence-electron chi connectivity index (χ0n) is 14.3. The quantitative estimate of drug-likeness (QED) is 0.674. The number of hydrogen-bond acceptors (Lipinski definition) is 3. The van der Waals surface area contributed by atoms with E-state index in [4.69, 9.17) is 0 Å². The summed E-state index contributed by atoms with van der Waals surface area (Å²) in [6.07, 6.45) is -2.44. The first-order valence-electron chi connectivity index (χ1n) is 7.99. The normalized spacial score (nSPS) is 18.6. The van der Waals surface area contributed by atoms with Gasteiger partial charge in [-0.15, -0.1) is 0 Å². The van der Waals surface area contributed by atoms with Crippen LogP contribution in [0.4, 0.5) is 13.2 Å². The van der Waals surface area contributed by atoms with Crippen LogP contribution in [-0.2, 0) is 6.54 Å². The van der Waals surface area contributed by atoms with Gasteiger partial charge in [0.1, 0.15) is 6.04 Å². The molecule has 2 rings (SSSR count). The molecule has 0 radical (unpaired) electrons. The first-order chi connectivity index (χ1) is 11.3. The number of piperazine rings is 1. The Labute approximate surface area is 140 Å². The van der Waals surface area contributed by atoms with Crippen LogP contribution in [0.5, 0.6) is 0 Å². The van der Waals surface area contributed by atoms with E-state index in [-0.39, 0.29) is 0 Å². The monoisotopic (exact) mass is 343 g/mol. The number of nitrogens with one attached hydrogen (secondary N) is 1. The summed E-state index contributed by atoms with van der Waals surface area (Å²) in [6, 6.07) is 2.46. The minimum atomic E-state index is -4.18. The molecule has 1 unspecified atom stereocenters. The molecule has 24 heavy (non-hydrogen) atoms. The summed E-state index contributed by atoms with van der Waals surface area (Å²) in [5, 5.41) is 3.24. The van der Waals surface area contributed by atoms with E-state index in [2.05, 4.69) is 15.3 Å². The summed E-state index contributed by atoms with van der Waals surface area (Å²) in [4.78, 5) is 12.0. The molecular formula is C16H24F3N5. The van der Waals surface area contributed by atoms with Crippen molar-refractivity contribution in [2.45, 2.75) is 32.6 Å². The summed E-state index contributed by atoms with van der Waals surface area (Å²) in [5.41, 5.74) is 2.02. The van der Waals surface area contributed by atoms with Crippen molar-refractivity contribution >= 4 is 5.96 Å². The van der Waals surface area contributed by atoms with Crippen molar-refractivity contribution in [3.05, 3.63) is 29.6 Å². The summed E-state index contributed by atoms with van der Waals surface area (Å²) < 4.78 is 38.4. The lowest BCUT2D eigenvalue weighted by atomic mass is 10.2. The second-order valence-corrected chi connectivity index (χ2v) is 5.91. The number of aromatic nitrogens is 1. The lowest BCUT2D eigenvalue weighted by molar-refractivity contribution is -0.181. The predicted octanol–water partition coefficient (Wildman–Crippen LogP) is 2.03. The van der Waals surface area contributed by atoms with Crippen LogP contribution in [0.1, 0.15) is 18.2 Å². The van der Waals surface area contributed by atoms with Crippen LogP contribution in [0.3, 0.4) is 0 Å². The Bertz CT molecular complexity index is 565. The zero-order chi connectivity index (χ0) is 17.7. The molecule has 1 aromatic heterocycles. The number of guanidine groups is 1. The van der Waals surface area contributed by atoms with Crippen LogP contribution in [0.15, 0.2) is 23.3 Å². The molecule has 0 saturated carbocycles. The van der Waals surface area contributed by atoms with E-state index in [1.165, 1.54) is 11.8 Å². The summed E-state index contributed by atoms with van der Waals surface area (Å²) >= 11 is 0. The fourth-order valence-corrected chi connectivity index (χ4v) is 2.73. The number of aryl methyl sites for hydroxylation is 1. The first kappa shape index (κ1) is 18.5. The minimum absolute atomic E-state index is 0.365. The van der Waals surface area contributed by atoms with E-state index in [9.17, 15) is 13.2 Å². The van der Waals surface area contributed by atoms with Crippen LogP contribution in [0.2, 0.25) is 0 Å². The molecule has 1 fully saturated rings. The first-order valence-corrected chi connectivity index (χ1v) is 7.99. The second-order valence-electron chi connectivity index (χ2n) is 5.91. The molecule has 0 bridgehead atoms. The van der Waals surface area contributed by atoms with Crippen LogP contribution < -0.4 is 5.32 Å². The number of aliphatic imine (C=N–C) groups is 1. The van der Waals surface area contributed by atoms with E-state index in [0.717, 1.165) is 11.3 Å². The van der Waals surface area contributed by atoms with Crippen molar-refractivity contribution in [3.8, 4) is 0 Å². The van der Waals surface area contributed by atoms with E-state index in [1.807, 2.05) is 24.0 Å². The Morgan fingerprint density at radius 3 is 2.54 bits per heavy atom. The Morgan fingerprint density at radius 1 is 1.33 bits per heavy atom. The van der Waals surface area contributed by atoms with Gasteiger partial charge >= 0.3 is 6.18 Å². The van der Waals surface area contributed by atoms with Gasteiger partial charge in [-0.05, 0) is 25.5 Å². The SMILES string of the molecule is CN=C(NCc1ncccc1C)N1CCN(C(C)C(F)(F)F)CC1.